The molecule has 1 saturated carbocycles. The summed E-state index contributed by atoms with van der Waals surface area (Å²) in [6.07, 6.45) is 4.03. The fourth-order valence-electron chi connectivity index (χ4n) is 3.71. The minimum Gasteiger partial charge on any atom is -0.477 e. The molecule has 3 atom stereocenters. The molecule has 136 valence electrons. The molecule has 6 heteroatoms. The van der Waals surface area contributed by atoms with Gasteiger partial charge in [0.15, 0.2) is 6.10 Å². The number of likely N-dealkylation sites (N-methyl/N-ethyl adjacent to an activating group) is 1. The monoisotopic (exact) mass is 345 g/mol. The SMILES string of the molecule is CNC(=O)[C@H]1CN(CC(=O)N[C@H]2CCCC[C@@H]2C)c2ccccc2O1. The number of hydrogen-bond donors (Lipinski definition) is 2. The van der Waals surface area contributed by atoms with E-state index in [1.807, 2.05) is 29.2 Å². The molecule has 2 N–H and O–H groups in total. The Balaban J connectivity index is 1.69. The molecule has 0 saturated heterocycles. The van der Waals surface area contributed by atoms with Gasteiger partial charge in [-0.1, -0.05) is 31.9 Å². The Morgan fingerprint density at radius 1 is 1.24 bits per heavy atom. The second-order valence-corrected chi connectivity index (χ2v) is 7.00. The Labute approximate surface area is 148 Å². The lowest BCUT2D eigenvalue weighted by atomic mass is 9.86. The first-order chi connectivity index (χ1) is 12.1. The van der Waals surface area contributed by atoms with E-state index in [9.17, 15) is 9.59 Å². The van der Waals surface area contributed by atoms with Gasteiger partial charge >= 0.3 is 0 Å². The number of nitrogens with one attached hydrogen (secondary N) is 2. The van der Waals surface area contributed by atoms with E-state index >= 15 is 0 Å². The lowest BCUT2D eigenvalue weighted by molar-refractivity contribution is -0.128. The topological polar surface area (TPSA) is 70.7 Å². The van der Waals surface area contributed by atoms with Crippen LogP contribution < -0.4 is 20.3 Å². The molecule has 1 aromatic carbocycles. The zero-order valence-electron chi connectivity index (χ0n) is 15.0. The number of nitrogens with zero attached hydrogens (tertiary/aromatic N) is 1. The van der Waals surface area contributed by atoms with Crippen molar-refractivity contribution in [3.8, 4) is 5.75 Å². The smallest absolute Gasteiger partial charge is 0.262 e. The zero-order valence-corrected chi connectivity index (χ0v) is 15.0. The Morgan fingerprint density at radius 2 is 2.00 bits per heavy atom. The molecule has 2 aliphatic rings. The third-order valence-electron chi connectivity index (χ3n) is 5.19. The van der Waals surface area contributed by atoms with Gasteiger partial charge in [-0.15, -0.1) is 0 Å². The number of benzene rings is 1. The molecule has 0 radical (unpaired) electrons. The fraction of sp³-hybridized carbons (Fsp3) is 0.579. The number of rotatable bonds is 4. The Bertz CT molecular complexity index is 634. The predicted molar refractivity (Wildman–Crippen MR) is 96.7 cm³/mol. The summed E-state index contributed by atoms with van der Waals surface area (Å²) in [5.41, 5.74) is 0.856. The van der Waals surface area contributed by atoms with Gasteiger partial charge in [-0.2, -0.15) is 0 Å². The van der Waals surface area contributed by atoms with Gasteiger partial charge in [-0.25, -0.2) is 0 Å². The van der Waals surface area contributed by atoms with Gasteiger partial charge in [0.1, 0.15) is 5.75 Å². The summed E-state index contributed by atoms with van der Waals surface area (Å²) in [6.45, 7) is 2.80. The van der Waals surface area contributed by atoms with Crippen LogP contribution in [0.15, 0.2) is 24.3 Å². The third-order valence-corrected chi connectivity index (χ3v) is 5.19. The highest BCUT2D eigenvalue weighted by Crippen LogP contribution is 2.33. The third kappa shape index (κ3) is 4.06. The van der Waals surface area contributed by atoms with Crippen molar-refractivity contribution in [2.24, 2.45) is 5.92 Å². The van der Waals surface area contributed by atoms with E-state index in [1.54, 1.807) is 7.05 Å². The van der Waals surface area contributed by atoms with Gasteiger partial charge in [0, 0.05) is 13.1 Å². The van der Waals surface area contributed by atoms with Crippen LogP contribution in [0.25, 0.3) is 0 Å². The second kappa shape index (κ2) is 7.76. The van der Waals surface area contributed by atoms with E-state index in [1.165, 1.54) is 19.3 Å². The van der Waals surface area contributed by atoms with Gasteiger partial charge in [0.2, 0.25) is 5.91 Å². The molecule has 0 unspecified atom stereocenters. The van der Waals surface area contributed by atoms with Gasteiger partial charge in [-0.3, -0.25) is 9.59 Å². The summed E-state index contributed by atoms with van der Waals surface area (Å²) in [7, 11) is 1.59. The molecule has 0 bridgehead atoms. The fourth-order valence-corrected chi connectivity index (χ4v) is 3.71. The molecule has 1 fully saturated rings. The summed E-state index contributed by atoms with van der Waals surface area (Å²) in [4.78, 5) is 26.5. The molecule has 25 heavy (non-hydrogen) atoms. The van der Waals surface area contributed by atoms with Crippen LogP contribution in [-0.2, 0) is 9.59 Å². The Morgan fingerprint density at radius 3 is 2.76 bits per heavy atom. The highest BCUT2D eigenvalue weighted by Gasteiger charge is 2.31. The molecule has 1 aliphatic carbocycles. The lowest BCUT2D eigenvalue weighted by Gasteiger charge is -2.36. The van der Waals surface area contributed by atoms with Crippen molar-refractivity contribution in [3.05, 3.63) is 24.3 Å². The van der Waals surface area contributed by atoms with Crippen molar-refractivity contribution < 1.29 is 14.3 Å². The number of hydrogen-bond acceptors (Lipinski definition) is 4. The van der Waals surface area contributed by atoms with Crippen LogP contribution in [0.3, 0.4) is 0 Å². The highest BCUT2D eigenvalue weighted by atomic mass is 16.5. The molecule has 1 heterocycles. The molecule has 0 aromatic heterocycles. The molecular weight excluding hydrogens is 318 g/mol. The number of carbonyl (C=O) groups excluding carboxylic acids is 2. The van der Waals surface area contributed by atoms with Gasteiger partial charge in [0.05, 0.1) is 18.8 Å². The maximum absolute atomic E-state index is 12.6. The summed E-state index contributed by atoms with van der Waals surface area (Å²) in [5, 5.41) is 5.80. The predicted octanol–water partition coefficient (Wildman–Crippen LogP) is 1.69. The van der Waals surface area contributed by atoms with Gasteiger partial charge in [-0.05, 0) is 30.9 Å². The van der Waals surface area contributed by atoms with Crippen LogP contribution >= 0.6 is 0 Å². The van der Waals surface area contributed by atoms with Crippen molar-refractivity contribution in [2.45, 2.75) is 44.8 Å². The quantitative estimate of drug-likeness (QED) is 0.871. The van der Waals surface area contributed by atoms with Crippen molar-refractivity contribution >= 4 is 17.5 Å². The maximum atomic E-state index is 12.6. The molecule has 6 nitrogen and oxygen atoms in total. The zero-order chi connectivity index (χ0) is 17.8. The summed E-state index contributed by atoms with van der Waals surface area (Å²) < 4.78 is 5.78. The first-order valence-corrected chi connectivity index (χ1v) is 9.10. The maximum Gasteiger partial charge on any atom is 0.262 e. The first kappa shape index (κ1) is 17.6. The number of anilines is 1. The van der Waals surface area contributed by atoms with E-state index in [0.29, 0.717) is 18.2 Å². The largest absolute Gasteiger partial charge is 0.477 e. The van der Waals surface area contributed by atoms with E-state index in [-0.39, 0.29) is 24.4 Å². The molecule has 2 amide bonds. The van der Waals surface area contributed by atoms with Crippen LogP contribution in [0.5, 0.6) is 5.75 Å². The van der Waals surface area contributed by atoms with Crippen molar-refractivity contribution in [1.29, 1.82) is 0 Å². The number of carbonyl (C=O) groups is 2. The highest BCUT2D eigenvalue weighted by molar-refractivity contribution is 5.86. The number of para-hydroxylation sites is 2. The van der Waals surface area contributed by atoms with Gasteiger partial charge < -0.3 is 20.3 Å². The average molecular weight is 345 g/mol. The number of fused-ring (bicyclic) bond motifs is 1. The van der Waals surface area contributed by atoms with E-state index in [2.05, 4.69) is 17.6 Å². The van der Waals surface area contributed by atoms with Crippen LogP contribution in [0, 0.1) is 5.92 Å². The molecule has 3 rings (SSSR count). The van der Waals surface area contributed by atoms with Crippen molar-refractivity contribution in [1.82, 2.24) is 10.6 Å². The van der Waals surface area contributed by atoms with Gasteiger partial charge in [0.25, 0.3) is 5.91 Å². The summed E-state index contributed by atoms with van der Waals surface area (Å²) in [5.74, 6) is 0.987. The standard InChI is InChI=1S/C19H27N3O3/c1-13-7-3-4-8-14(13)21-18(23)12-22-11-17(19(24)20-2)25-16-10-6-5-9-15(16)22/h5-6,9-10,13-14,17H,3-4,7-8,11-12H2,1-2H3,(H,20,24)(H,21,23)/t13-,14-,17+/m0/s1. The van der Waals surface area contributed by atoms with Crippen LogP contribution in [-0.4, -0.2) is 44.1 Å². The van der Waals surface area contributed by atoms with E-state index in [0.717, 1.165) is 12.1 Å². The van der Waals surface area contributed by atoms with Crippen LogP contribution in [0.1, 0.15) is 32.6 Å². The normalized spacial score (nSPS) is 25.5. The van der Waals surface area contributed by atoms with E-state index in [4.69, 9.17) is 4.74 Å². The van der Waals surface area contributed by atoms with Crippen molar-refractivity contribution in [3.63, 3.8) is 0 Å². The Hall–Kier alpha value is -2.24. The number of ether oxygens (including phenoxy) is 1. The van der Waals surface area contributed by atoms with Crippen LogP contribution in [0.2, 0.25) is 0 Å². The molecule has 0 spiro atoms. The molecule has 1 aliphatic heterocycles. The van der Waals surface area contributed by atoms with Crippen molar-refractivity contribution in [2.75, 3.05) is 25.0 Å². The first-order valence-electron chi connectivity index (χ1n) is 9.10. The average Bonchev–Trinajstić information content (AvgIpc) is 2.62. The lowest BCUT2D eigenvalue weighted by Crippen LogP contribution is -2.52. The molecular formula is C19H27N3O3. The molecule has 1 aromatic rings. The minimum absolute atomic E-state index is 0.00566. The minimum atomic E-state index is -0.610. The second-order valence-electron chi connectivity index (χ2n) is 7.00. The number of amides is 2. The summed E-state index contributed by atoms with van der Waals surface area (Å²) >= 11 is 0. The van der Waals surface area contributed by atoms with Crippen LogP contribution in [0.4, 0.5) is 5.69 Å². The van der Waals surface area contributed by atoms with E-state index < -0.39 is 6.10 Å². The Kier molecular flexibility index (Phi) is 5.46. The summed E-state index contributed by atoms with van der Waals surface area (Å²) in [6, 6.07) is 7.79.